The number of rotatable bonds is 7. The molecule has 2 N–H and O–H groups in total. The van der Waals surface area contributed by atoms with E-state index in [1.807, 2.05) is 30.3 Å². The average molecular weight is 487 g/mol. The van der Waals surface area contributed by atoms with Crippen molar-refractivity contribution in [1.82, 2.24) is 25.2 Å². The molecular weight excluding hydrogens is 466 g/mol. The van der Waals surface area contributed by atoms with Crippen LogP contribution in [-0.4, -0.2) is 45.8 Å². The summed E-state index contributed by atoms with van der Waals surface area (Å²) in [4.78, 5) is 42.4. The van der Waals surface area contributed by atoms with Crippen LogP contribution >= 0.6 is 0 Å². The average Bonchev–Trinajstić information content (AvgIpc) is 3.58. The zero-order chi connectivity index (χ0) is 25.1. The predicted molar refractivity (Wildman–Crippen MR) is 125 cm³/mol. The molecule has 1 atom stereocenters. The Morgan fingerprint density at radius 2 is 1.92 bits per heavy atom. The van der Waals surface area contributed by atoms with Crippen molar-refractivity contribution in [3.05, 3.63) is 89.8 Å². The van der Waals surface area contributed by atoms with Crippen LogP contribution in [0.4, 0.5) is 4.79 Å². The van der Waals surface area contributed by atoms with Crippen molar-refractivity contribution in [3.8, 4) is 11.3 Å². The Labute approximate surface area is 204 Å². The van der Waals surface area contributed by atoms with Gasteiger partial charge in [0.2, 0.25) is 0 Å². The molecule has 4 heterocycles. The molecule has 0 aliphatic carbocycles. The number of hydrogen-bond donors (Lipinski definition) is 2. The first-order chi connectivity index (χ1) is 17.6. The van der Waals surface area contributed by atoms with E-state index in [2.05, 4.69) is 20.7 Å². The minimum Gasteiger partial charge on any atom is -0.467 e. The van der Waals surface area contributed by atoms with Crippen LogP contribution in [0.2, 0.25) is 0 Å². The molecule has 36 heavy (non-hydrogen) atoms. The summed E-state index contributed by atoms with van der Waals surface area (Å²) < 4.78 is 17.6. The molecule has 1 aromatic carbocycles. The molecule has 5 rings (SSSR count). The number of urea groups is 1. The molecular formula is C25H21N5O6. The molecule has 11 heteroatoms. The second-order valence-corrected chi connectivity index (χ2v) is 7.73. The molecule has 1 aliphatic heterocycles. The Hall–Kier alpha value is -4.93. The highest BCUT2D eigenvalue weighted by Crippen LogP contribution is 2.28. The highest BCUT2D eigenvalue weighted by Gasteiger charge is 2.36. The number of nitrogens with zero attached hydrogens (tertiary/aromatic N) is 3. The third-order valence-electron chi connectivity index (χ3n) is 5.52. The van der Waals surface area contributed by atoms with Crippen molar-refractivity contribution in [2.45, 2.75) is 13.0 Å². The standard InChI is InChI=1S/C25H21N5O6/c1-2-34-24(32)20-17(28-25(33)29-21(20)19-9-6-12-35-19)14-36-23(31)16-13-27-30-18(10-11-26-22(16)30)15-7-4-3-5-8-15/h3-13,21H,2,14H2,1H3,(H2,28,29,33). The summed E-state index contributed by atoms with van der Waals surface area (Å²) in [6, 6.07) is 13.1. The first kappa shape index (κ1) is 22.8. The monoisotopic (exact) mass is 487 g/mol. The van der Waals surface area contributed by atoms with Crippen LogP contribution in [0, 0.1) is 0 Å². The van der Waals surface area contributed by atoms with Crippen LogP contribution in [0.1, 0.15) is 29.1 Å². The zero-order valence-electron chi connectivity index (χ0n) is 19.1. The first-order valence-corrected chi connectivity index (χ1v) is 11.1. The fourth-order valence-electron chi connectivity index (χ4n) is 3.93. The van der Waals surface area contributed by atoms with Gasteiger partial charge in [-0.3, -0.25) is 0 Å². The SMILES string of the molecule is CCOC(=O)C1=C(COC(=O)c2cnn3c(-c4ccccc4)ccnc23)NC(=O)NC1c1ccco1. The lowest BCUT2D eigenvalue weighted by molar-refractivity contribution is -0.139. The zero-order valence-corrected chi connectivity index (χ0v) is 19.1. The molecule has 3 aromatic heterocycles. The number of amides is 2. The van der Waals surface area contributed by atoms with Gasteiger partial charge in [0.25, 0.3) is 0 Å². The van der Waals surface area contributed by atoms with Crippen LogP contribution in [-0.2, 0) is 14.3 Å². The van der Waals surface area contributed by atoms with E-state index in [0.29, 0.717) is 11.4 Å². The number of ether oxygens (including phenoxy) is 2. The summed E-state index contributed by atoms with van der Waals surface area (Å²) in [5, 5.41) is 9.48. The van der Waals surface area contributed by atoms with Gasteiger partial charge in [-0.15, -0.1) is 0 Å². The van der Waals surface area contributed by atoms with Crippen molar-refractivity contribution in [1.29, 1.82) is 0 Å². The third-order valence-corrected chi connectivity index (χ3v) is 5.52. The summed E-state index contributed by atoms with van der Waals surface area (Å²) in [5.41, 5.74) is 2.25. The smallest absolute Gasteiger partial charge is 0.344 e. The molecule has 2 amide bonds. The minimum atomic E-state index is -0.909. The van der Waals surface area contributed by atoms with Crippen LogP contribution in [0.3, 0.4) is 0 Å². The molecule has 0 fully saturated rings. The van der Waals surface area contributed by atoms with Gasteiger partial charge in [-0.25, -0.2) is 23.9 Å². The highest BCUT2D eigenvalue weighted by atomic mass is 16.5. The summed E-state index contributed by atoms with van der Waals surface area (Å²) >= 11 is 0. The van der Waals surface area contributed by atoms with E-state index >= 15 is 0 Å². The summed E-state index contributed by atoms with van der Waals surface area (Å²) in [7, 11) is 0. The van der Waals surface area contributed by atoms with Crippen LogP contribution in [0.25, 0.3) is 16.9 Å². The number of aromatic nitrogens is 3. The Morgan fingerprint density at radius 1 is 1.08 bits per heavy atom. The number of hydrogen-bond acceptors (Lipinski definition) is 8. The number of nitrogens with one attached hydrogen (secondary N) is 2. The van der Waals surface area contributed by atoms with E-state index in [0.717, 1.165) is 11.3 Å². The Morgan fingerprint density at radius 3 is 2.67 bits per heavy atom. The second-order valence-electron chi connectivity index (χ2n) is 7.73. The molecule has 4 aromatic rings. The van der Waals surface area contributed by atoms with E-state index in [4.69, 9.17) is 13.9 Å². The van der Waals surface area contributed by atoms with Gasteiger partial charge in [0.1, 0.15) is 24.0 Å². The van der Waals surface area contributed by atoms with Crippen molar-refractivity contribution >= 4 is 23.6 Å². The maximum absolute atomic E-state index is 13.0. The molecule has 11 nitrogen and oxygen atoms in total. The molecule has 0 saturated carbocycles. The summed E-state index contributed by atoms with van der Waals surface area (Å²) in [6.45, 7) is 1.39. The van der Waals surface area contributed by atoms with Gasteiger partial charge < -0.3 is 24.5 Å². The molecule has 1 unspecified atom stereocenters. The number of benzene rings is 1. The quantitative estimate of drug-likeness (QED) is 0.380. The first-order valence-electron chi connectivity index (χ1n) is 11.1. The van der Waals surface area contributed by atoms with Crippen molar-refractivity contribution in [2.24, 2.45) is 0 Å². The van der Waals surface area contributed by atoms with Gasteiger partial charge >= 0.3 is 18.0 Å². The van der Waals surface area contributed by atoms with Gasteiger partial charge in [-0.1, -0.05) is 30.3 Å². The number of carbonyl (C=O) groups is 3. The number of esters is 2. The van der Waals surface area contributed by atoms with Gasteiger partial charge in [-0.05, 0) is 25.1 Å². The largest absolute Gasteiger partial charge is 0.467 e. The maximum atomic E-state index is 13.0. The Bertz CT molecular complexity index is 1460. The molecule has 182 valence electrons. The molecule has 1 aliphatic rings. The number of carbonyl (C=O) groups excluding carboxylic acids is 3. The fourth-order valence-corrected chi connectivity index (χ4v) is 3.93. The molecule has 0 spiro atoms. The van der Waals surface area contributed by atoms with Crippen LogP contribution in [0.5, 0.6) is 0 Å². The van der Waals surface area contributed by atoms with Gasteiger partial charge in [0, 0.05) is 11.8 Å². The normalized spacial score (nSPS) is 15.4. The van der Waals surface area contributed by atoms with Crippen LogP contribution < -0.4 is 10.6 Å². The molecule has 0 radical (unpaired) electrons. The Balaban J connectivity index is 1.44. The lowest BCUT2D eigenvalue weighted by atomic mass is 10.0. The van der Waals surface area contributed by atoms with Crippen molar-refractivity contribution in [3.63, 3.8) is 0 Å². The van der Waals surface area contributed by atoms with Gasteiger partial charge in [-0.2, -0.15) is 5.10 Å². The van der Waals surface area contributed by atoms with E-state index < -0.39 is 30.6 Å². The summed E-state index contributed by atoms with van der Waals surface area (Å²) in [5.74, 6) is -1.07. The molecule has 0 bridgehead atoms. The number of furan rings is 1. The Kier molecular flexibility index (Phi) is 6.18. The van der Waals surface area contributed by atoms with Crippen molar-refractivity contribution < 1.29 is 28.3 Å². The minimum absolute atomic E-state index is 0.0727. The van der Waals surface area contributed by atoms with E-state index in [1.165, 1.54) is 12.5 Å². The van der Waals surface area contributed by atoms with Crippen molar-refractivity contribution in [2.75, 3.05) is 13.2 Å². The van der Waals surface area contributed by atoms with E-state index in [1.54, 1.807) is 35.8 Å². The lowest BCUT2D eigenvalue weighted by Crippen LogP contribution is -2.47. The third kappa shape index (κ3) is 4.29. The van der Waals surface area contributed by atoms with Gasteiger partial charge in [0.05, 0.1) is 36.0 Å². The van der Waals surface area contributed by atoms with Gasteiger partial charge in [0.15, 0.2) is 5.65 Å². The highest BCUT2D eigenvalue weighted by molar-refractivity contribution is 5.97. The topological polar surface area (TPSA) is 137 Å². The van der Waals surface area contributed by atoms with E-state index in [9.17, 15) is 14.4 Å². The van der Waals surface area contributed by atoms with E-state index in [-0.39, 0.29) is 23.4 Å². The second kappa shape index (κ2) is 9.74. The lowest BCUT2D eigenvalue weighted by Gasteiger charge is -2.27. The predicted octanol–water partition coefficient (Wildman–Crippen LogP) is 3.02. The van der Waals surface area contributed by atoms with Crippen LogP contribution in [0.15, 0.2) is 82.9 Å². The fraction of sp³-hybridized carbons (Fsp3) is 0.160. The molecule has 0 saturated heterocycles. The maximum Gasteiger partial charge on any atom is 0.344 e. The summed E-state index contributed by atoms with van der Waals surface area (Å²) in [6.07, 6.45) is 4.37. The number of fused-ring (bicyclic) bond motifs is 1.